The number of hydrogen-bond acceptors (Lipinski definition) is 5. The lowest BCUT2D eigenvalue weighted by Gasteiger charge is -2.12. The lowest BCUT2D eigenvalue weighted by molar-refractivity contribution is 0.624. The second-order valence-corrected chi connectivity index (χ2v) is 7.30. The van der Waals surface area contributed by atoms with Gasteiger partial charge in [0.25, 0.3) is 0 Å². The number of benzene rings is 2. The van der Waals surface area contributed by atoms with E-state index in [4.69, 9.17) is 0 Å². The summed E-state index contributed by atoms with van der Waals surface area (Å²) in [5.41, 5.74) is 3.97. The highest BCUT2D eigenvalue weighted by molar-refractivity contribution is 6.21. The number of nitriles is 4. The summed E-state index contributed by atoms with van der Waals surface area (Å²) >= 11 is 0. The Kier molecular flexibility index (Phi) is 4.43. The third kappa shape index (κ3) is 2.63. The van der Waals surface area contributed by atoms with Crippen LogP contribution in [0.25, 0.3) is 28.0 Å². The van der Waals surface area contributed by atoms with Crippen LogP contribution in [0.3, 0.4) is 0 Å². The summed E-state index contributed by atoms with van der Waals surface area (Å²) in [6.07, 6.45) is 1.66. The molecule has 0 spiro atoms. The van der Waals surface area contributed by atoms with Crippen LogP contribution in [0.15, 0.2) is 77.5 Å². The van der Waals surface area contributed by atoms with Gasteiger partial charge in [0.1, 0.15) is 41.2 Å². The van der Waals surface area contributed by atoms with Crippen molar-refractivity contribution in [1.29, 1.82) is 21.0 Å². The van der Waals surface area contributed by atoms with E-state index in [9.17, 15) is 21.0 Å². The van der Waals surface area contributed by atoms with Crippen molar-refractivity contribution in [3.8, 4) is 35.5 Å². The molecule has 2 aromatic carbocycles. The molecule has 0 amide bonds. The fourth-order valence-electron chi connectivity index (χ4n) is 4.55. The van der Waals surface area contributed by atoms with E-state index < -0.39 is 5.82 Å². The summed E-state index contributed by atoms with van der Waals surface area (Å²) < 4.78 is 15.2. The Morgan fingerprint density at radius 2 is 1.24 bits per heavy atom. The minimum atomic E-state index is -0.647. The number of hydrogen-bond donors (Lipinski definition) is 0. The molecule has 150 valence electrons. The van der Waals surface area contributed by atoms with Crippen molar-refractivity contribution in [3.63, 3.8) is 0 Å². The molecule has 0 atom stereocenters. The van der Waals surface area contributed by atoms with Gasteiger partial charge in [0.05, 0.1) is 5.69 Å². The van der Waals surface area contributed by atoms with Gasteiger partial charge in [-0.3, -0.25) is 4.98 Å². The second-order valence-electron chi connectivity index (χ2n) is 7.30. The smallest absolute Gasteiger partial charge is 0.138 e. The third-order valence-corrected chi connectivity index (χ3v) is 5.76. The van der Waals surface area contributed by atoms with Crippen LogP contribution in [0.5, 0.6) is 0 Å². The molecule has 0 unspecified atom stereocenters. The topological polar surface area (TPSA) is 108 Å². The van der Waals surface area contributed by atoms with Crippen LogP contribution < -0.4 is 0 Å². The molecule has 1 heterocycles. The van der Waals surface area contributed by atoms with Crippen molar-refractivity contribution in [2.24, 2.45) is 0 Å². The summed E-state index contributed by atoms with van der Waals surface area (Å²) in [5, 5.41) is 39.1. The summed E-state index contributed by atoms with van der Waals surface area (Å²) in [6.45, 7) is 0. The second kappa shape index (κ2) is 7.44. The van der Waals surface area contributed by atoms with E-state index in [1.54, 1.807) is 18.3 Å². The van der Waals surface area contributed by atoms with Gasteiger partial charge in [0.15, 0.2) is 0 Å². The van der Waals surface area contributed by atoms with Crippen molar-refractivity contribution in [1.82, 2.24) is 4.98 Å². The first-order valence-corrected chi connectivity index (χ1v) is 9.84. The van der Waals surface area contributed by atoms with Crippen LogP contribution in [0, 0.1) is 51.1 Å². The number of rotatable bonds is 0. The quantitative estimate of drug-likeness (QED) is 0.356. The number of aromatic nitrogens is 1. The molecule has 33 heavy (non-hydrogen) atoms. The average molecular weight is 423 g/mol. The van der Waals surface area contributed by atoms with Gasteiger partial charge in [-0.05, 0) is 23.3 Å². The standard InChI is InChI=1S/C27H10FN5/c28-21-9-3-7-19-22(15(11-29)12-30)26(23(25(19)21)16(13-31)14-32)24-17-5-1-2-6-18(17)27-20(24)8-4-10-33-27/h1-10H/b26-24+. The molecular formula is C27H10FN5. The third-order valence-electron chi connectivity index (χ3n) is 5.76. The van der Waals surface area contributed by atoms with Crippen LogP contribution >= 0.6 is 0 Å². The van der Waals surface area contributed by atoms with E-state index >= 15 is 4.39 Å². The molecule has 0 bridgehead atoms. The number of pyridine rings is 1. The first-order chi connectivity index (χ1) is 16.2. The zero-order chi connectivity index (χ0) is 23.1. The normalized spacial score (nSPS) is 14.8. The van der Waals surface area contributed by atoms with E-state index in [0.29, 0.717) is 28.0 Å². The molecule has 2 aliphatic carbocycles. The van der Waals surface area contributed by atoms with E-state index in [1.165, 1.54) is 12.1 Å². The Labute approximate surface area is 188 Å². The van der Waals surface area contributed by atoms with Crippen LogP contribution in [0.1, 0.15) is 22.3 Å². The van der Waals surface area contributed by atoms with Gasteiger partial charge in [0.2, 0.25) is 0 Å². The van der Waals surface area contributed by atoms with E-state index in [2.05, 4.69) is 4.98 Å². The first-order valence-electron chi connectivity index (χ1n) is 9.84. The maximum atomic E-state index is 15.2. The van der Waals surface area contributed by atoms with Gasteiger partial charge in [-0.15, -0.1) is 0 Å². The Balaban J connectivity index is 2.10. The van der Waals surface area contributed by atoms with Gasteiger partial charge < -0.3 is 0 Å². The fraction of sp³-hybridized carbons (Fsp3) is 0. The van der Waals surface area contributed by atoms with E-state index in [1.807, 2.05) is 54.6 Å². The molecule has 2 aliphatic rings. The zero-order valence-corrected chi connectivity index (χ0v) is 16.9. The number of fused-ring (bicyclic) bond motifs is 4. The number of allylic oxidation sites excluding steroid dienone is 5. The highest BCUT2D eigenvalue weighted by Gasteiger charge is 2.39. The molecule has 5 nitrogen and oxygen atoms in total. The van der Waals surface area contributed by atoms with Crippen LogP contribution in [-0.4, -0.2) is 4.98 Å². The Hall–Kier alpha value is -5.30. The zero-order valence-electron chi connectivity index (χ0n) is 16.9. The minimum Gasteiger partial charge on any atom is -0.256 e. The number of nitrogens with zero attached hydrogens (tertiary/aromatic N) is 5. The summed E-state index contributed by atoms with van der Waals surface area (Å²) in [7, 11) is 0. The van der Waals surface area contributed by atoms with Gasteiger partial charge in [-0.2, -0.15) is 21.0 Å². The van der Waals surface area contributed by atoms with Crippen LogP contribution in [0.4, 0.5) is 4.39 Å². The van der Waals surface area contributed by atoms with Crippen LogP contribution in [-0.2, 0) is 0 Å². The lowest BCUT2D eigenvalue weighted by Crippen LogP contribution is -1.96. The molecule has 0 saturated carbocycles. The van der Waals surface area contributed by atoms with Gasteiger partial charge in [-0.1, -0.05) is 42.5 Å². The van der Waals surface area contributed by atoms with Crippen molar-refractivity contribution >= 4 is 16.7 Å². The lowest BCUT2D eigenvalue weighted by atomic mass is 9.88. The van der Waals surface area contributed by atoms with Gasteiger partial charge >= 0.3 is 0 Å². The molecule has 1 aromatic heterocycles. The van der Waals surface area contributed by atoms with Crippen LogP contribution in [0.2, 0.25) is 0 Å². The van der Waals surface area contributed by atoms with E-state index in [-0.39, 0.29) is 27.9 Å². The first kappa shape index (κ1) is 19.7. The Morgan fingerprint density at radius 3 is 1.94 bits per heavy atom. The predicted molar refractivity (Wildman–Crippen MR) is 118 cm³/mol. The molecule has 0 fully saturated rings. The molecule has 6 heteroatoms. The predicted octanol–water partition coefficient (Wildman–Crippen LogP) is 5.32. The Bertz CT molecular complexity index is 1580. The fourth-order valence-corrected chi connectivity index (χ4v) is 4.55. The van der Waals surface area contributed by atoms with Gasteiger partial charge in [-0.25, -0.2) is 4.39 Å². The monoisotopic (exact) mass is 423 g/mol. The molecule has 0 radical (unpaired) electrons. The summed E-state index contributed by atoms with van der Waals surface area (Å²) in [5.74, 6) is -0.647. The maximum Gasteiger partial charge on any atom is 0.138 e. The van der Waals surface area contributed by atoms with Crippen molar-refractivity contribution in [3.05, 3.63) is 106 Å². The summed E-state index contributed by atoms with van der Waals surface area (Å²) in [4.78, 5) is 4.51. The number of halogens is 1. The molecule has 0 saturated heterocycles. The van der Waals surface area contributed by atoms with Crippen molar-refractivity contribution in [2.45, 2.75) is 0 Å². The molecule has 0 N–H and O–H groups in total. The summed E-state index contributed by atoms with van der Waals surface area (Å²) in [6, 6.07) is 22.9. The molecule has 3 aromatic rings. The van der Waals surface area contributed by atoms with Crippen molar-refractivity contribution in [2.75, 3.05) is 0 Å². The highest BCUT2D eigenvalue weighted by atomic mass is 19.1. The van der Waals surface area contributed by atoms with Crippen molar-refractivity contribution < 1.29 is 4.39 Å². The minimum absolute atomic E-state index is 0.0333. The SMILES string of the molecule is N#CC(C#N)=C1/C(=C2/c3ccccc3-c3ncccc32)C(=C(C#N)C#N)c2c(F)cccc21. The molecular weight excluding hydrogens is 413 g/mol. The maximum absolute atomic E-state index is 15.2. The van der Waals surface area contributed by atoms with E-state index in [0.717, 1.165) is 11.1 Å². The average Bonchev–Trinajstić information content (AvgIpc) is 3.35. The molecule has 0 aliphatic heterocycles. The van der Waals surface area contributed by atoms with Gasteiger partial charge in [0, 0.05) is 45.2 Å². The molecule has 5 rings (SSSR count). The highest BCUT2D eigenvalue weighted by Crippen LogP contribution is 2.56. The Morgan fingerprint density at radius 1 is 0.636 bits per heavy atom. The largest absolute Gasteiger partial charge is 0.256 e.